The third kappa shape index (κ3) is 5.59. The molecule has 2 amide bonds. The molecule has 3 heterocycles. The Kier molecular flexibility index (Phi) is 9.28. The molecule has 0 aromatic heterocycles. The SMILES string of the molecule is COC1CCC(CCNC(=O)[C@H](C)OC2CCC3C(C2)C2CCNC4C5CCC(OC)C(OC)C5C(=O)N3C24)CC1. The molecule has 0 spiro atoms. The second-order valence-corrected chi connectivity index (χ2v) is 13.8. The van der Waals surface area contributed by atoms with Crippen molar-refractivity contribution in [3.63, 3.8) is 0 Å². The van der Waals surface area contributed by atoms with Gasteiger partial charge in [-0.05, 0) is 108 Å². The third-order valence-electron chi connectivity index (χ3n) is 12.0. The molecule has 3 aliphatic heterocycles. The van der Waals surface area contributed by atoms with Crippen molar-refractivity contribution in [3.8, 4) is 0 Å². The average molecular weight is 576 g/mol. The first-order valence-electron chi connectivity index (χ1n) is 16.5. The predicted octanol–water partition coefficient (Wildman–Crippen LogP) is 2.90. The van der Waals surface area contributed by atoms with E-state index >= 15 is 0 Å². The summed E-state index contributed by atoms with van der Waals surface area (Å²) < 4.78 is 23.6. The molecule has 3 saturated heterocycles. The van der Waals surface area contributed by atoms with Gasteiger partial charge in [0.2, 0.25) is 11.8 Å². The number of amides is 2. The van der Waals surface area contributed by atoms with Gasteiger partial charge in [0.15, 0.2) is 0 Å². The molecule has 3 aliphatic carbocycles. The maximum absolute atomic E-state index is 14.2. The lowest BCUT2D eigenvalue weighted by Gasteiger charge is -2.55. The van der Waals surface area contributed by atoms with Crippen molar-refractivity contribution in [2.24, 2.45) is 29.6 Å². The third-order valence-corrected chi connectivity index (χ3v) is 12.0. The molecule has 9 nitrogen and oxygen atoms in total. The van der Waals surface area contributed by atoms with Gasteiger partial charge in [-0.2, -0.15) is 0 Å². The van der Waals surface area contributed by atoms with Gasteiger partial charge in [-0.3, -0.25) is 9.59 Å². The fourth-order valence-corrected chi connectivity index (χ4v) is 10.0. The summed E-state index contributed by atoms with van der Waals surface area (Å²) in [6.07, 6.45) is 11.3. The number of hydrogen-bond donors (Lipinski definition) is 2. The normalized spacial score (nSPS) is 44.5. The van der Waals surface area contributed by atoms with Gasteiger partial charge in [-0.1, -0.05) is 0 Å². The number of fused-ring (bicyclic) bond motifs is 5. The first-order valence-corrected chi connectivity index (χ1v) is 16.5. The molecule has 232 valence electrons. The maximum Gasteiger partial charge on any atom is 0.248 e. The molecule has 6 rings (SSSR count). The van der Waals surface area contributed by atoms with Gasteiger partial charge in [0.1, 0.15) is 6.10 Å². The van der Waals surface area contributed by atoms with Gasteiger partial charge in [-0.25, -0.2) is 0 Å². The zero-order valence-corrected chi connectivity index (χ0v) is 25.6. The van der Waals surface area contributed by atoms with Crippen molar-refractivity contribution in [3.05, 3.63) is 0 Å². The lowest BCUT2D eigenvalue weighted by Crippen LogP contribution is -2.70. The van der Waals surface area contributed by atoms with Gasteiger partial charge in [0.05, 0.1) is 36.4 Å². The fraction of sp³-hybridized carbons (Fsp3) is 0.938. The van der Waals surface area contributed by atoms with Gasteiger partial charge in [0.25, 0.3) is 0 Å². The summed E-state index contributed by atoms with van der Waals surface area (Å²) in [4.78, 5) is 29.4. The van der Waals surface area contributed by atoms with Crippen LogP contribution in [0.4, 0.5) is 0 Å². The Bertz CT molecular complexity index is 927. The number of methoxy groups -OCH3 is 3. The lowest BCUT2D eigenvalue weighted by molar-refractivity contribution is -0.175. The number of carbonyl (C=O) groups is 2. The number of nitrogens with zero attached hydrogens (tertiary/aromatic N) is 1. The van der Waals surface area contributed by atoms with Crippen LogP contribution in [0.5, 0.6) is 0 Å². The van der Waals surface area contributed by atoms with Crippen molar-refractivity contribution >= 4 is 11.8 Å². The van der Waals surface area contributed by atoms with Gasteiger partial charge in [0, 0.05) is 40.0 Å². The molecule has 0 aromatic rings. The van der Waals surface area contributed by atoms with Gasteiger partial charge in [-0.15, -0.1) is 0 Å². The summed E-state index contributed by atoms with van der Waals surface area (Å²) in [6, 6.07) is 0.854. The van der Waals surface area contributed by atoms with Crippen LogP contribution in [0.3, 0.4) is 0 Å². The van der Waals surface area contributed by atoms with Crippen LogP contribution in [0.2, 0.25) is 0 Å². The van der Waals surface area contributed by atoms with Crippen molar-refractivity contribution in [1.29, 1.82) is 0 Å². The molecule has 3 saturated carbocycles. The number of hydrogen-bond acceptors (Lipinski definition) is 7. The van der Waals surface area contributed by atoms with E-state index in [1.54, 1.807) is 21.3 Å². The number of piperidine rings is 2. The summed E-state index contributed by atoms with van der Waals surface area (Å²) in [5, 5.41) is 6.99. The molecule has 0 radical (unpaired) electrons. The monoisotopic (exact) mass is 575 g/mol. The van der Waals surface area contributed by atoms with Crippen LogP contribution in [0.1, 0.15) is 77.6 Å². The van der Waals surface area contributed by atoms with E-state index in [1.807, 2.05) is 6.92 Å². The van der Waals surface area contributed by atoms with Crippen LogP contribution in [-0.2, 0) is 28.5 Å². The first-order chi connectivity index (χ1) is 19.9. The molecule has 41 heavy (non-hydrogen) atoms. The number of nitrogens with one attached hydrogen (secondary N) is 2. The van der Waals surface area contributed by atoms with Crippen LogP contribution < -0.4 is 10.6 Å². The molecule has 9 heteroatoms. The summed E-state index contributed by atoms with van der Waals surface area (Å²) in [6.45, 7) is 3.62. The van der Waals surface area contributed by atoms with E-state index < -0.39 is 6.10 Å². The summed E-state index contributed by atoms with van der Waals surface area (Å²) in [5.74, 6) is 2.06. The molecule has 6 fully saturated rings. The summed E-state index contributed by atoms with van der Waals surface area (Å²) in [5.41, 5.74) is 0. The van der Waals surface area contributed by atoms with E-state index in [9.17, 15) is 9.59 Å². The molecule has 2 N–H and O–H groups in total. The van der Waals surface area contributed by atoms with E-state index in [2.05, 4.69) is 15.5 Å². The highest BCUT2D eigenvalue weighted by atomic mass is 16.5. The highest BCUT2D eigenvalue weighted by molar-refractivity contribution is 5.83. The van der Waals surface area contributed by atoms with E-state index in [-0.39, 0.29) is 48.1 Å². The molecular weight excluding hydrogens is 522 g/mol. The molecule has 6 aliphatic rings. The predicted molar refractivity (Wildman–Crippen MR) is 154 cm³/mol. The Morgan fingerprint density at radius 3 is 2.44 bits per heavy atom. The van der Waals surface area contributed by atoms with Crippen LogP contribution in [0.15, 0.2) is 0 Å². The zero-order valence-electron chi connectivity index (χ0n) is 25.6. The Balaban J connectivity index is 1.05. The van der Waals surface area contributed by atoms with E-state index in [4.69, 9.17) is 18.9 Å². The minimum Gasteiger partial charge on any atom is -0.381 e. The average Bonchev–Trinajstić information content (AvgIpc) is 3.34. The summed E-state index contributed by atoms with van der Waals surface area (Å²) >= 11 is 0. The molecule has 0 bridgehead atoms. The highest BCUT2D eigenvalue weighted by Crippen LogP contribution is 2.54. The Labute approximate surface area is 246 Å². The number of ether oxygens (including phenoxy) is 4. The Morgan fingerprint density at radius 2 is 1.71 bits per heavy atom. The van der Waals surface area contributed by atoms with Crippen LogP contribution >= 0.6 is 0 Å². The largest absolute Gasteiger partial charge is 0.381 e. The van der Waals surface area contributed by atoms with Crippen LogP contribution in [0.25, 0.3) is 0 Å². The maximum atomic E-state index is 14.2. The van der Waals surface area contributed by atoms with Crippen molar-refractivity contribution in [2.75, 3.05) is 34.4 Å². The van der Waals surface area contributed by atoms with Crippen molar-refractivity contribution in [1.82, 2.24) is 15.5 Å². The first kappa shape index (κ1) is 29.8. The summed E-state index contributed by atoms with van der Waals surface area (Å²) in [7, 11) is 5.28. The van der Waals surface area contributed by atoms with Gasteiger partial charge < -0.3 is 34.5 Å². The topological polar surface area (TPSA) is 98.4 Å². The van der Waals surface area contributed by atoms with E-state index in [1.165, 1.54) is 12.8 Å². The quantitative estimate of drug-likeness (QED) is 0.436. The van der Waals surface area contributed by atoms with E-state index in [0.717, 1.165) is 64.3 Å². The van der Waals surface area contributed by atoms with Crippen molar-refractivity contribution < 1.29 is 28.5 Å². The Hall–Kier alpha value is -1.26. The molecule has 11 atom stereocenters. The lowest BCUT2D eigenvalue weighted by atomic mass is 9.64. The minimum absolute atomic E-state index is 0.000954. The standard InChI is InChI=1S/C32H53N3O6/c1-18(31(36)34-15-13-19-5-7-20(38-2)8-6-19)41-21-9-11-25-24(17-21)22-14-16-33-28-23-10-12-26(39-3)30(40-4)27(23)32(37)35(25)29(22)28/h18-30,33H,5-17H2,1-4H3,(H,34,36)/t18-,19?,20?,21?,22?,23?,24?,25?,26?,27?,28?,29?,30?/m0/s1. The highest BCUT2D eigenvalue weighted by Gasteiger charge is 2.64. The van der Waals surface area contributed by atoms with Gasteiger partial charge >= 0.3 is 0 Å². The Morgan fingerprint density at radius 1 is 0.927 bits per heavy atom. The number of rotatable bonds is 9. The molecular formula is C32H53N3O6. The molecule has 10 unspecified atom stereocenters. The smallest absolute Gasteiger partial charge is 0.248 e. The number of carbonyl (C=O) groups excluding carboxylic acids is 2. The fourth-order valence-electron chi connectivity index (χ4n) is 10.0. The zero-order chi connectivity index (χ0) is 28.7. The van der Waals surface area contributed by atoms with Crippen LogP contribution in [0, 0.1) is 29.6 Å². The second-order valence-electron chi connectivity index (χ2n) is 13.8. The second kappa shape index (κ2) is 12.8. The van der Waals surface area contributed by atoms with Crippen molar-refractivity contribution in [2.45, 2.75) is 126 Å². The molecule has 0 aromatic carbocycles. The van der Waals surface area contributed by atoms with Crippen LogP contribution in [-0.4, -0.2) is 99.8 Å². The minimum atomic E-state index is -0.455. The van der Waals surface area contributed by atoms with E-state index in [0.29, 0.717) is 42.4 Å².